The molecule has 8 heteroatoms. The summed E-state index contributed by atoms with van der Waals surface area (Å²) in [4.78, 5) is 27.7. The molecule has 7 aromatic rings. The van der Waals surface area contributed by atoms with Crippen molar-refractivity contribution in [2.24, 2.45) is 11.8 Å². The molecule has 0 amide bonds. The molecule has 0 nitrogen and oxygen atoms in total. The molecule has 0 spiro atoms. The van der Waals surface area contributed by atoms with Gasteiger partial charge in [-0.3, -0.25) is 0 Å². The van der Waals surface area contributed by atoms with Crippen molar-refractivity contribution in [2.75, 3.05) is 0 Å². The fourth-order valence-electron chi connectivity index (χ4n) is 13.7. The van der Waals surface area contributed by atoms with Crippen LogP contribution < -0.4 is 5.79 Å². The van der Waals surface area contributed by atoms with Gasteiger partial charge in [0, 0.05) is 0 Å². The van der Waals surface area contributed by atoms with Crippen LogP contribution in [0.5, 0.6) is 0 Å². The summed E-state index contributed by atoms with van der Waals surface area (Å²) in [6.45, 7) is 9.36. The molecule has 6 heterocycles. The minimum atomic E-state index is -2.28. The number of rotatable bonds is 50. The summed E-state index contributed by atoms with van der Waals surface area (Å²) < 4.78 is 6.41. The first-order chi connectivity index (χ1) is 42.8. The van der Waals surface area contributed by atoms with Crippen molar-refractivity contribution in [3.63, 3.8) is 0 Å². The van der Waals surface area contributed by atoms with Gasteiger partial charge >= 0.3 is 296 Å². The topological polar surface area (TPSA) is 0 Å². The van der Waals surface area contributed by atoms with Crippen molar-refractivity contribution in [1.29, 1.82) is 0 Å². The number of hydrogen-bond donors (Lipinski definition) is 0. The fraction of sp³-hybridized carbons (Fsp3) is 0.675. The Morgan fingerprint density at radius 2 is 0.534 bits per heavy atom. The molecule has 0 aliphatic carbocycles. The van der Waals surface area contributed by atoms with E-state index in [9.17, 15) is 0 Å². The Balaban J connectivity index is 1.22. The maximum absolute atomic E-state index is 2.68. The molecule has 0 radical (unpaired) electrons. The molecule has 0 aliphatic heterocycles. The molecular formula is C80H126S6Sn2. The Morgan fingerprint density at radius 1 is 0.273 bits per heavy atom. The van der Waals surface area contributed by atoms with Crippen LogP contribution in [-0.4, -0.2) is 36.8 Å². The molecule has 2 unspecified atom stereocenters. The number of fused-ring (bicyclic) bond motifs is 2. The molecule has 0 N–H and O–H groups in total. The van der Waals surface area contributed by atoms with Gasteiger partial charge in [-0.2, -0.15) is 0 Å². The van der Waals surface area contributed by atoms with Crippen LogP contribution in [0.25, 0.3) is 60.6 Å². The Bertz CT molecular complexity index is 2700. The predicted molar refractivity (Wildman–Crippen MR) is 418 cm³/mol. The zero-order valence-electron chi connectivity index (χ0n) is 58.1. The van der Waals surface area contributed by atoms with Gasteiger partial charge in [-0.25, -0.2) is 0 Å². The van der Waals surface area contributed by atoms with E-state index in [1.54, 1.807) is 15.5 Å². The zero-order valence-corrected chi connectivity index (χ0v) is 68.7. The zero-order chi connectivity index (χ0) is 62.4. The molecule has 0 aliphatic rings. The average molecular weight is 1520 g/mol. The normalized spacial score (nSPS) is 13.1. The van der Waals surface area contributed by atoms with Gasteiger partial charge in [0.05, 0.1) is 0 Å². The molecule has 7 rings (SSSR count). The van der Waals surface area contributed by atoms with E-state index in [1.165, 1.54) is 330 Å². The quantitative estimate of drug-likeness (QED) is 0.0263. The number of unbranched alkanes of at least 4 members (excludes halogenated alkanes) is 32. The number of hydrogen-bond acceptors (Lipinski definition) is 6. The second kappa shape index (κ2) is 41.5. The van der Waals surface area contributed by atoms with E-state index in [1.807, 2.05) is 0 Å². The number of thiophene rings is 6. The molecule has 88 heavy (non-hydrogen) atoms. The van der Waals surface area contributed by atoms with E-state index in [0.29, 0.717) is 0 Å². The first kappa shape index (κ1) is 74.9. The van der Waals surface area contributed by atoms with Gasteiger partial charge in [-0.05, 0) is 0 Å². The van der Waals surface area contributed by atoms with Gasteiger partial charge in [-0.15, -0.1) is 0 Å². The van der Waals surface area contributed by atoms with Crippen molar-refractivity contribution >= 4 is 131 Å². The van der Waals surface area contributed by atoms with Crippen molar-refractivity contribution in [1.82, 2.24) is 0 Å². The van der Waals surface area contributed by atoms with Crippen LogP contribution in [0.1, 0.15) is 294 Å². The van der Waals surface area contributed by atoms with Crippen LogP contribution >= 0.6 is 68.0 Å². The minimum absolute atomic E-state index is 0.786. The second-order valence-electron chi connectivity index (χ2n) is 29.4. The van der Waals surface area contributed by atoms with Crippen molar-refractivity contribution in [3.05, 3.63) is 70.4 Å². The van der Waals surface area contributed by atoms with E-state index < -0.39 is 36.8 Å². The van der Waals surface area contributed by atoms with E-state index in [0.717, 1.165) is 11.8 Å². The number of benzene rings is 1. The Hall–Kier alpha value is -0.463. The standard InChI is InChI=1S/C74H108S6.6CH3.2Sn/c1-5-9-13-17-21-25-27-31-35-39-45-59(43-37-33-29-23-19-15-11-7-3)55-61-49-51-67(77-61)71-63-57-69(65-47-41-53-75-65)80-74(63)72(64-58-70(79-73(64)71)66-48-42-54-76-66)68-52-50-62(78-68)56-60(44-38-34-30-24-20-16-12-8-4)46-40-36-32-28-26-22-18-14-10-6-2;;;;;;;;/h41-42,47-52,57-60H,5-40,43-46,55-56H2,1-4H3;6*1H3;;. The Kier molecular flexibility index (Phi) is 35.3. The average Bonchev–Trinajstić information content (AvgIpc) is 1.73. The molecule has 490 valence electrons. The third-order valence-corrected chi connectivity index (χ3v) is 45.4. The summed E-state index contributed by atoms with van der Waals surface area (Å²) in [5.41, 5.74) is 3.05. The van der Waals surface area contributed by atoms with Crippen molar-refractivity contribution in [2.45, 2.75) is 327 Å². The third-order valence-electron chi connectivity index (χ3n) is 19.3. The van der Waals surface area contributed by atoms with Crippen LogP contribution in [0.15, 0.2) is 60.7 Å². The fourth-order valence-corrected chi connectivity index (χ4v) is 31.5. The summed E-state index contributed by atoms with van der Waals surface area (Å²) in [5.74, 6) is 1.57. The second-order valence-corrected chi connectivity index (χ2v) is 66.9. The molecule has 2 atom stereocenters. The summed E-state index contributed by atoms with van der Waals surface area (Å²) in [6, 6.07) is 25.7. The summed E-state index contributed by atoms with van der Waals surface area (Å²) in [5, 5.41) is 3.00. The summed E-state index contributed by atoms with van der Waals surface area (Å²) >= 11 is 8.23. The molecule has 0 bridgehead atoms. The summed E-state index contributed by atoms with van der Waals surface area (Å²) in [6.07, 6.45) is 59.1. The van der Waals surface area contributed by atoms with Gasteiger partial charge in [0.1, 0.15) is 0 Å². The van der Waals surface area contributed by atoms with E-state index >= 15 is 0 Å². The Labute approximate surface area is 574 Å². The van der Waals surface area contributed by atoms with E-state index in [-0.39, 0.29) is 0 Å². The van der Waals surface area contributed by atoms with Crippen LogP contribution in [0.3, 0.4) is 0 Å². The van der Waals surface area contributed by atoms with Gasteiger partial charge in [0.25, 0.3) is 0 Å². The van der Waals surface area contributed by atoms with Crippen LogP contribution in [-0.2, 0) is 12.8 Å². The Morgan fingerprint density at radius 3 is 0.795 bits per heavy atom. The maximum atomic E-state index is 2.68. The first-order valence-electron chi connectivity index (χ1n) is 37.2. The van der Waals surface area contributed by atoms with Crippen LogP contribution in [0.2, 0.25) is 29.6 Å². The van der Waals surface area contributed by atoms with Gasteiger partial charge in [-0.1, -0.05) is 285 Å². The SMILES string of the molecule is CCCCCCCCCCCCC(CCCCCCCCCC)Cc1ccc(-c2c3cc(-c4cc[c]([Sn]([CH3])([CH3])[CH3])s4)sc3c(-c3ccc(CC(CCCCCCCCCC)CCCCCCCCCCCC)s3)c3cc(-c4cc[c]([Sn]([CH3])([CH3])[CH3])s4)sc23)s1. The van der Waals surface area contributed by atoms with Gasteiger partial charge < -0.3 is 0 Å². The van der Waals surface area contributed by atoms with Crippen LogP contribution in [0.4, 0.5) is 0 Å². The van der Waals surface area contributed by atoms with Crippen molar-refractivity contribution < 1.29 is 0 Å². The predicted octanol–water partition coefficient (Wildman–Crippen LogP) is 30.1. The molecule has 0 fully saturated rings. The third kappa shape index (κ3) is 25.3. The van der Waals surface area contributed by atoms with Gasteiger partial charge in [0.2, 0.25) is 0 Å². The van der Waals surface area contributed by atoms with Crippen LogP contribution in [0, 0.1) is 11.8 Å². The molecule has 0 saturated carbocycles. The molecule has 1 aromatic carbocycles. The first-order valence-corrected chi connectivity index (χ1v) is 62.1. The van der Waals surface area contributed by atoms with E-state index in [4.69, 9.17) is 0 Å². The van der Waals surface area contributed by atoms with E-state index in [2.05, 4.69) is 186 Å². The molecular weight excluding hydrogens is 1390 g/mol. The monoisotopic (exact) mass is 1520 g/mol. The molecule has 6 aromatic heterocycles. The summed E-state index contributed by atoms with van der Waals surface area (Å²) in [7, 11) is 0. The van der Waals surface area contributed by atoms with Gasteiger partial charge in [0.15, 0.2) is 0 Å². The molecule has 0 saturated heterocycles. The van der Waals surface area contributed by atoms with Crippen molar-refractivity contribution in [3.8, 4) is 40.4 Å².